The molecule has 40 heavy (non-hydrogen) atoms. The number of sulfonamides is 1. The fraction of sp³-hybridized carbons (Fsp3) is 0.0690. The maximum atomic E-state index is 12.5. The monoisotopic (exact) mass is 577 g/mol. The molecule has 4 aromatic rings. The summed E-state index contributed by atoms with van der Waals surface area (Å²) in [6, 6.07) is 25.0. The van der Waals surface area contributed by atoms with Crippen molar-refractivity contribution in [2.24, 2.45) is 5.10 Å². The molecule has 0 bridgehead atoms. The van der Waals surface area contributed by atoms with Crippen molar-refractivity contribution in [3.05, 3.63) is 119 Å². The lowest BCUT2D eigenvalue weighted by Gasteiger charge is -2.11. The Kier molecular flexibility index (Phi) is 9.15. The molecule has 0 saturated carbocycles. The smallest absolute Gasteiger partial charge is 0.343 e. The first-order valence-corrected chi connectivity index (χ1v) is 13.9. The summed E-state index contributed by atoms with van der Waals surface area (Å²) in [5.41, 5.74) is 3.93. The molecule has 0 atom stereocenters. The van der Waals surface area contributed by atoms with Crippen LogP contribution in [0.2, 0.25) is 5.02 Å². The molecule has 9 nitrogen and oxygen atoms in total. The molecule has 0 aliphatic carbocycles. The topological polar surface area (TPSA) is 123 Å². The summed E-state index contributed by atoms with van der Waals surface area (Å²) in [5, 5.41) is 4.48. The van der Waals surface area contributed by atoms with Crippen LogP contribution in [-0.2, 0) is 10.0 Å². The fourth-order valence-corrected chi connectivity index (χ4v) is 4.64. The minimum absolute atomic E-state index is 0.131. The van der Waals surface area contributed by atoms with Crippen LogP contribution in [0, 0.1) is 0 Å². The number of esters is 1. The second kappa shape index (κ2) is 12.9. The summed E-state index contributed by atoms with van der Waals surface area (Å²) in [6.07, 6.45) is 1.41. The zero-order chi connectivity index (χ0) is 28.5. The Bertz CT molecular complexity index is 1630. The van der Waals surface area contributed by atoms with Crippen molar-refractivity contribution in [3.8, 4) is 11.5 Å². The van der Waals surface area contributed by atoms with Gasteiger partial charge in [-0.2, -0.15) is 5.10 Å². The number of nitrogens with one attached hydrogen (secondary N) is 2. The predicted molar refractivity (Wildman–Crippen MR) is 153 cm³/mol. The van der Waals surface area contributed by atoms with Gasteiger partial charge in [0.2, 0.25) is 0 Å². The molecule has 1 amide bonds. The van der Waals surface area contributed by atoms with E-state index in [-0.39, 0.29) is 16.2 Å². The van der Waals surface area contributed by atoms with E-state index in [2.05, 4.69) is 15.2 Å². The number of rotatable bonds is 10. The predicted octanol–water partition coefficient (Wildman–Crippen LogP) is 5.52. The van der Waals surface area contributed by atoms with Gasteiger partial charge in [-0.3, -0.25) is 9.52 Å². The molecule has 0 aromatic heterocycles. The zero-order valence-electron chi connectivity index (χ0n) is 21.2. The second-order valence-corrected chi connectivity index (χ2v) is 10.3. The summed E-state index contributed by atoms with van der Waals surface area (Å²) >= 11 is 5.87. The number of nitrogens with zero attached hydrogens (tertiary/aromatic N) is 1. The third-order valence-electron chi connectivity index (χ3n) is 5.38. The summed E-state index contributed by atoms with van der Waals surface area (Å²) in [7, 11) is -3.74. The van der Waals surface area contributed by atoms with E-state index in [1.807, 2.05) is 0 Å². The summed E-state index contributed by atoms with van der Waals surface area (Å²) in [5.74, 6) is -0.503. The molecule has 0 unspecified atom stereocenters. The van der Waals surface area contributed by atoms with Gasteiger partial charge in [-0.1, -0.05) is 29.8 Å². The van der Waals surface area contributed by atoms with Gasteiger partial charge in [-0.15, -0.1) is 0 Å². The summed E-state index contributed by atoms with van der Waals surface area (Å²) in [6.45, 7) is 2.13. The second-order valence-electron chi connectivity index (χ2n) is 8.23. The minimum atomic E-state index is -3.74. The van der Waals surface area contributed by atoms with Crippen molar-refractivity contribution in [1.82, 2.24) is 5.43 Å². The SMILES string of the molecule is CCOc1cc(/C=N/NC(=O)c2ccc(NS(=O)(=O)c3ccccc3)cc2)ccc1OC(=O)c1ccc(Cl)cc1. The Morgan fingerprint density at radius 1 is 0.875 bits per heavy atom. The molecule has 4 rings (SSSR count). The average molecular weight is 578 g/mol. The van der Waals surface area contributed by atoms with Crippen LogP contribution in [0.1, 0.15) is 33.2 Å². The van der Waals surface area contributed by atoms with Gasteiger partial charge in [-0.25, -0.2) is 18.6 Å². The Morgan fingerprint density at radius 3 is 2.23 bits per heavy atom. The van der Waals surface area contributed by atoms with Crippen LogP contribution >= 0.6 is 11.6 Å². The highest BCUT2D eigenvalue weighted by Gasteiger charge is 2.15. The number of hydrazone groups is 1. The zero-order valence-corrected chi connectivity index (χ0v) is 22.8. The van der Waals surface area contributed by atoms with E-state index < -0.39 is 21.9 Å². The van der Waals surface area contributed by atoms with Gasteiger partial charge in [0.15, 0.2) is 11.5 Å². The van der Waals surface area contributed by atoms with Crippen LogP contribution in [0.4, 0.5) is 5.69 Å². The van der Waals surface area contributed by atoms with Crippen LogP contribution in [0.3, 0.4) is 0 Å². The van der Waals surface area contributed by atoms with E-state index in [1.54, 1.807) is 67.6 Å². The number of halogens is 1. The fourth-order valence-electron chi connectivity index (χ4n) is 3.44. The normalized spacial score (nSPS) is 11.2. The van der Waals surface area contributed by atoms with E-state index >= 15 is 0 Å². The Hall–Kier alpha value is -4.67. The molecule has 2 N–H and O–H groups in total. The first-order chi connectivity index (χ1) is 19.2. The number of amides is 1. The van der Waals surface area contributed by atoms with Crippen molar-refractivity contribution in [2.75, 3.05) is 11.3 Å². The number of hydrogen-bond acceptors (Lipinski definition) is 7. The maximum Gasteiger partial charge on any atom is 0.343 e. The van der Waals surface area contributed by atoms with Crippen molar-refractivity contribution in [1.29, 1.82) is 0 Å². The molecule has 0 spiro atoms. The van der Waals surface area contributed by atoms with Gasteiger partial charge in [-0.05, 0) is 91.3 Å². The van der Waals surface area contributed by atoms with Gasteiger partial charge in [0, 0.05) is 16.3 Å². The van der Waals surface area contributed by atoms with Gasteiger partial charge in [0.25, 0.3) is 15.9 Å². The van der Waals surface area contributed by atoms with Crippen molar-refractivity contribution in [2.45, 2.75) is 11.8 Å². The van der Waals surface area contributed by atoms with Gasteiger partial charge >= 0.3 is 5.97 Å². The van der Waals surface area contributed by atoms with E-state index in [0.717, 1.165) is 0 Å². The summed E-state index contributed by atoms with van der Waals surface area (Å²) in [4.78, 5) is 25.1. The number of ether oxygens (including phenoxy) is 2. The largest absolute Gasteiger partial charge is 0.490 e. The Labute approximate surface area is 236 Å². The first-order valence-electron chi connectivity index (χ1n) is 12.0. The molecule has 0 fully saturated rings. The highest BCUT2D eigenvalue weighted by atomic mass is 35.5. The Morgan fingerprint density at radius 2 is 1.55 bits per heavy atom. The minimum Gasteiger partial charge on any atom is -0.490 e. The molecule has 0 aliphatic rings. The molecule has 11 heteroatoms. The number of carbonyl (C=O) groups is 2. The quantitative estimate of drug-likeness (QED) is 0.111. The molecule has 0 aliphatic heterocycles. The lowest BCUT2D eigenvalue weighted by atomic mass is 10.2. The standard InChI is InChI=1S/C29H24ClN3O6S/c1-2-38-27-18-20(8-17-26(27)39-29(35)22-9-13-23(30)14-10-22)19-31-32-28(34)21-11-15-24(16-12-21)33-40(36,37)25-6-4-3-5-7-25/h3-19,33H,2H2,1H3,(H,32,34)/b31-19+. The number of carbonyl (C=O) groups excluding carboxylic acids is 2. The number of anilines is 1. The van der Waals surface area contributed by atoms with E-state index in [1.165, 1.54) is 42.6 Å². The molecular formula is C29H24ClN3O6S. The molecule has 0 saturated heterocycles. The van der Waals surface area contributed by atoms with E-state index in [4.69, 9.17) is 21.1 Å². The van der Waals surface area contributed by atoms with Crippen LogP contribution in [0.15, 0.2) is 107 Å². The highest BCUT2D eigenvalue weighted by Crippen LogP contribution is 2.29. The molecule has 0 radical (unpaired) electrons. The molecule has 204 valence electrons. The van der Waals surface area contributed by atoms with Gasteiger partial charge in [0.1, 0.15) is 0 Å². The van der Waals surface area contributed by atoms with Crippen molar-refractivity contribution < 1.29 is 27.5 Å². The van der Waals surface area contributed by atoms with Crippen molar-refractivity contribution in [3.63, 3.8) is 0 Å². The van der Waals surface area contributed by atoms with Gasteiger partial charge < -0.3 is 9.47 Å². The number of benzene rings is 4. The molecule has 0 heterocycles. The van der Waals surface area contributed by atoms with Crippen LogP contribution in [0.5, 0.6) is 11.5 Å². The molecular weight excluding hydrogens is 554 g/mol. The van der Waals surface area contributed by atoms with Crippen LogP contribution in [0.25, 0.3) is 0 Å². The lowest BCUT2D eigenvalue weighted by molar-refractivity contribution is 0.0728. The van der Waals surface area contributed by atoms with Crippen molar-refractivity contribution >= 4 is 45.4 Å². The van der Waals surface area contributed by atoms with Gasteiger partial charge in [0.05, 0.1) is 23.3 Å². The molecule has 4 aromatic carbocycles. The van der Waals surface area contributed by atoms with E-state index in [0.29, 0.717) is 34.2 Å². The first kappa shape index (κ1) is 28.3. The lowest BCUT2D eigenvalue weighted by Crippen LogP contribution is -2.18. The van der Waals surface area contributed by atoms with Crippen LogP contribution < -0.4 is 19.6 Å². The van der Waals surface area contributed by atoms with Crippen LogP contribution in [-0.4, -0.2) is 33.1 Å². The Balaban J connectivity index is 1.37. The average Bonchev–Trinajstić information content (AvgIpc) is 2.95. The number of hydrogen-bond donors (Lipinski definition) is 2. The summed E-state index contributed by atoms with van der Waals surface area (Å²) < 4.78 is 38.5. The maximum absolute atomic E-state index is 12.5. The third kappa shape index (κ3) is 7.46. The van der Waals surface area contributed by atoms with E-state index in [9.17, 15) is 18.0 Å². The highest BCUT2D eigenvalue weighted by molar-refractivity contribution is 7.92. The third-order valence-corrected chi connectivity index (χ3v) is 7.03.